The van der Waals surface area contributed by atoms with E-state index in [2.05, 4.69) is 15.0 Å². The van der Waals surface area contributed by atoms with Crippen molar-refractivity contribution >= 4 is 38.8 Å². The first kappa shape index (κ1) is 18.0. The zero-order valence-corrected chi connectivity index (χ0v) is 15.4. The summed E-state index contributed by atoms with van der Waals surface area (Å²) < 4.78 is 32.3. The van der Waals surface area contributed by atoms with Crippen LogP contribution in [0.25, 0.3) is 0 Å². The Labute approximate surface area is 156 Å². The van der Waals surface area contributed by atoms with E-state index >= 15 is 0 Å². The van der Waals surface area contributed by atoms with Gasteiger partial charge in [-0.25, -0.2) is 13.4 Å². The zero-order chi connectivity index (χ0) is 18.6. The van der Waals surface area contributed by atoms with Crippen molar-refractivity contribution in [1.82, 2.24) is 4.98 Å². The number of anilines is 3. The summed E-state index contributed by atoms with van der Waals surface area (Å²) in [6.45, 7) is 0. The van der Waals surface area contributed by atoms with Gasteiger partial charge in [-0.15, -0.1) is 0 Å². The van der Waals surface area contributed by atoms with Gasteiger partial charge in [0.1, 0.15) is 11.6 Å². The highest BCUT2D eigenvalue weighted by molar-refractivity contribution is 7.92. The van der Waals surface area contributed by atoms with Gasteiger partial charge in [0.05, 0.1) is 23.9 Å². The third-order valence-electron chi connectivity index (χ3n) is 3.50. The van der Waals surface area contributed by atoms with Crippen LogP contribution >= 0.6 is 11.6 Å². The summed E-state index contributed by atoms with van der Waals surface area (Å²) in [5.41, 5.74) is 1.19. The van der Waals surface area contributed by atoms with Crippen molar-refractivity contribution < 1.29 is 13.2 Å². The Morgan fingerprint density at radius 1 is 0.923 bits per heavy atom. The van der Waals surface area contributed by atoms with Crippen LogP contribution in [-0.2, 0) is 10.0 Å². The van der Waals surface area contributed by atoms with E-state index in [1.165, 1.54) is 25.4 Å². The van der Waals surface area contributed by atoms with E-state index in [1.807, 2.05) is 12.1 Å². The third kappa shape index (κ3) is 4.44. The molecule has 6 nitrogen and oxygen atoms in total. The molecule has 0 unspecified atom stereocenters. The standard InChI is InChI=1S/C18H16ClN3O3S/c1-25-16-7-9-17(10-8-16)26(23,24)22-15-6-11-18(20-12-15)21-14-4-2-13(19)3-5-14/h2-12,22H,1H3,(H,20,21). The van der Waals surface area contributed by atoms with Crippen molar-refractivity contribution in [2.75, 3.05) is 17.1 Å². The number of nitrogens with zero attached hydrogens (tertiary/aromatic N) is 1. The molecule has 0 aliphatic heterocycles. The molecule has 8 heteroatoms. The molecule has 0 saturated carbocycles. The molecule has 0 amide bonds. The van der Waals surface area contributed by atoms with Crippen molar-refractivity contribution in [2.45, 2.75) is 4.90 Å². The van der Waals surface area contributed by atoms with Gasteiger partial charge in [-0.1, -0.05) is 11.6 Å². The summed E-state index contributed by atoms with van der Waals surface area (Å²) in [7, 11) is -2.17. The minimum atomic E-state index is -3.70. The van der Waals surface area contributed by atoms with E-state index in [4.69, 9.17) is 16.3 Å². The van der Waals surface area contributed by atoms with Crippen molar-refractivity contribution in [3.8, 4) is 5.75 Å². The second kappa shape index (κ2) is 7.63. The normalized spacial score (nSPS) is 11.0. The van der Waals surface area contributed by atoms with Crippen LogP contribution in [0.15, 0.2) is 71.8 Å². The Morgan fingerprint density at radius 3 is 2.15 bits per heavy atom. The fourth-order valence-corrected chi connectivity index (χ4v) is 3.35. The van der Waals surface area contributed by atoms with Gasteiger partial charge in [0, 0.05) is 10.7 Å². The highest BCUT2D eigenvalue weighted by Crippen LogP contribution is 2.21. The SMILES string of the molecule is COc1ccc(S(=O)(=O)Nc2ccc(Nc3ccc(Cl)cc3)nc2)cc1. The maximum absolute atomic E-state index is 12.4. The Kier molecular flexibility index (Phi) is 5.29. The second-order valence-corrected chi connectivity index (χ2v) is 7.46. The first-order chi connectivity index (χ1) is 12.5. The first-order valence-electron chi connectivity index (χ1n) is 7.62. The lowest BCUT2D eigenvalue weighted by Gasteiger charge is -2.10. The topological polar surface area (TPSA) is 80.3 Å². The Balaban J connectivity index is 1.70. The lowest BCUT2D eigenvalue weighted by atomic mass is 10.3. The van der Waals surface area contributed by atoms with Crippen LogP contribution in [-0.4, -0.2) is 20.5 Å². The van der Waals surface area contributed by atoms with Gasteiger partial charge >= 0.3 is 0 Å². The lowest BCUT2D eigenvalue weighted by molar-refractivity contribution is 0.414. The average molecular weight is 390 g/mol. The second-order valence-electron chi connectivity index (χ2n) is 5.35. The van der Waals surface area contributed by atoms with Crippen LogP contribution in [0.3, 0.4) is 0 Å². The van der Waals surface area contributed by atoms with Crippen LogP contribution in [0.2, 0.25) is 5.02 Å². The minimum absolute atomic E-state index is 0.140. The number of benzene rings is 2. The number of ether oxygens (including phenoxy) is 1. The van der Waals surface area contributed by atoms with E-state index in [9.17, 15) is 8.42 Å². The number of nitrogens with one attached hydrogen (secondary N) is 2. The molecule has 0 bridgehead atoms. The fourth-order valence-electron chi connectivity index (χ4n) is 2.18. The maximum Gasteiger partial charge on any atom is 0.261 e. The molecular weight excluding hydrogens is 374 g/mol. The summed E-state index contributed by atoms with van der Waals surface area (Å²) in [6.07, 6.45) is 1.44. The molecule has 0 radical (unpaired) electrons. The smallest absolute Gasteiger partial charge is 0.261 e. The number of sulfonamides is 1. The number of methoxy groups -OCH3 is 1. The molecule has 26 heavy (non-hydrogen) atoms. The predicted octanol–water partition coefficient (Wildman–Crippen LogP) is 4.29. The van der Waals surface area contributed by atoms with Crippen LogP contribution < -0.4 is 14.8 Å². The van der Waals surface area contributed by atoms with Gasteiger partial charge in [-0.05, 0) is 60.7 Å². The molecule has 2 N–H and O–H groups in total. The molecule has 1 aromatic heterocycles. The average Bonchev–Trinajstić information content (AvgIpc) is 2.65. The summed E-state index contributed by atoms with van der Waals surface area (Å²) in [4.78, 5) is 4.35. The fraction of sp³-hybridized carbons (Fsp3) is 0.0556. The monoisotopic (exact) mass is 389 g/mol. The van der Waals surface area contributed by atoms with Crippen LogP contribution in [0, 0.1) is 0 Å². The van der Waals surface area contributed by atoms with E-state index in [-0.39, 0.29) is 4.90 Å². The summed E-state index contributed by atoms with van der Waals surface area (Å²) in [5.74, 6) is 1.17. The van der Waals surface area contributed by atoms with E-state index in [0.29, 0.717) is 22.3 Å². The molecule has 0 aliphatic rings. The predicted molar refractivity (Wildman–Crippen MR) is 103 cm³/mol. The van der Waals surface area contributed by atoms with Gasteiger partial charge in [0.2, 0.25) is 0 Å². The summed E-state index contributed by atoms with van der Waals surface area (Å²) >= 11 is 5.85. The quantitative estimate of drug-likeness (QED) is 0.657. The van der Waals surface area contributed by atoms with Crippen molar-refractivity contribution in [3.05, 3.63) is 71.9 Å². The first-order valence-corrected chi connectivity index (χ1v) is 9.48. The van der Waals surface area contributed by atoms with Gasteiger partial charge < -0.3 is 10.1 Å². The Bertz CT molecular complexity index is 974. The molecule has 3 rings (SSSR count). The molecule has 0 saturated heterocycles. The number of rotatable bonds is 6. The number of hydrogen-bond acceptors (Lipinski definition) is 5. The molecule has 0 spiro atoms. The lowest BCUT2D eigenvalue weighted by Crippen LogP contribution is -2.13. The number of pyridine rings is 1. The highest BCUT2D eigenvalue weighted by Gasteiger charge is 2.14. The van der Waals surface area contributed by atoms with Gasteiger partial charge in [0.15, 0.2) is 0 Å². The summed E-state index contributed by atoms with van der Waals surface area (Å²) in [5, 5.41) is 3.75. The van der Waals surface area contributed by atoms with Crippen LogP contribution in [0.5, 0.6) is 5.75 Å². The maximum atomic E-state index is 12.4. The van der Waals surface area contributed by atoms with Gasteiger partial charge in [-0.2, -0.15) is 0 Å². The Hall–Kier alpha value is -2.77. The molecule has 0 atom stereocenters. The largest absolute Gasteiger partial charge is 0.497 e. The van der Waals surface area contributed by atoms with E-state index in [1.54, 1.807) is 36.4 Å². The molecular formula is C18H16ClN3O3S. The third-order valence-corrected chi connectivity index (χ3v) is 5.15. The van der Waals surface area contributed by atoms with E-state index < -0.39 is 10.0 Å². The molecule has 134 valence electrons. The van der Waals surface area contributed by atoms with Crippen molar-refractivity contribution in [3.63, 3.8) is 0 Å². The number of halogens is 1. The van der Waals surface area contributed by atoms with Crippen LogP contribution in [0.1, 0.15) is 0 Å². The molecule has 0 aliphatic carbocycles. The van der Waals surface area contributed by atoms with Crippen molar-refractivity contribution in [1.29, 1.82) is 0 Å². The van der Waals surface area contributed by atoms with Gasteiger partial charge in [-0.3, -0.25) is 4.72 Å². The van der Waals surface area contributed by atoms with Gasteiger partial charge in [0.25, 0.3) is 10.0 Å². The minimum Gasteiger partial charge on any atom is -0.497 e. The number of aromatic nitrogens is 1. The number of hydrogen-bond donors (Lipinski definition) is 2. The summed E-state index contributed by atoms with van der Waals surface area (Å²) in [6, 6.07) is 16.6. The molecule has 1 heterocycles. The zero-order valence-electron chi connectivity index (χ0n) is 13.8. The molecule has 0 fully saturated rings. The van der Waals surface area contributed by atoms with E-state index in [0.717, 1.165) is 5.69 Å². The molecule has 3 aromatic rings. The Morgan fingerprint density at radius 2 is 1.58 bits per heavy atom. The highest BCUT2D eigenvalue weighted by atomic mass is 35.5. The molecule has 2 aromatic carbocycles. The van der Waals surface area contributed by atoms with Crippen LogP contribution in [0.4, 0.5) is 17.2 Å². The van der Waals surface area contributed by atoms with Crippen molar-refractivity contribution in [2.24, 2.45) is 0 Å².